The largest absolute Gasteiger partial charge is 0.396 e. The first kappa shape index (κ1) is 22.3. The second-order valence-corrected chi connectivity index (χ2v) is 11.1. The third-order valence-electron chi connectivity index (χ3n) is 7.75. The second-order valence-electron chi connectivity index (χ2n) is 11.1. The van der Waals surface area contributed by atoms with Gasteiger partial charge in [0.05, 0.1) is 5.69 Å². The maximum atomic E-state index is 9.08. The van der Waals surface area contributed by atoms with E-state index in [4.69, 9.17) is 10.1 Å². The van der Waals surface area contributed by atoms with E-state index in [2.05, 4.69) is 69.0 Å². The molecule has 168 valence electrons. The molecule has 1 unspecified atom stereocenters. The van der Waals surface area contributed by atoms with Crippen molar-refractivity contribution in [1.82, 2.24) is 4.98 Å². The van der Waals surface area contributed by atoms with E-state index in [0.29, 0.717) is 6.61 Å². The molecule has 1 fully saturated rings. The Hall–Kier alpha value is -1.87. The van der Waals surface area contributed by atoms with Crippen LogP contribution in [0.5, 0.6) is 0 Å². The quantitative estimate of drug-likeness (QED) is 0.544. The van der Waals surface area contributed by atoms with Gasteiger partial charge >= 0.3 is 0 Å². The Morgan fingerprint density at radius 2 is 1.77 bits per heavy atom. The van der Waals surface area contributed by atoms with Gasteiger partial charge in [-0.2, -0.15) is 0 Å². The van der Waals surface area contributed by atoms with Crippen molar-refractivity contribution in [3.05, 3.63) is 47.5 Å². The maximum absolute atomic E-state index is 9.08. The SMILES string of the molecule is CC1(C)CCC(C)(C)c2cc(-c3cccc(N4CCCC(CCCCO)C4)n3)ccc21. The summed E-state index contributed by atoms with van der Waals surface area (Å²) < 4.78 is 0. The van der Waals surface area contributed by atoms with Crippen molar-refractivity contribution < 1.29 is 5.11 Å². The minimum Gasteiger partial charge on any atom is -0.396 e. The van der Waals surface area contributed by atoms with Crippen molar-refractivity contribution in [2.75, 3.05) is 24.6 Å². The Morgan fingerprint density at radius 3 is 2.55 bits per heavy atom. The smallest absolute Gasteiger partial charge is 0.129 e. The molecular weight excluding hydrogens is 380 g/mol. The topological polar surface area (TPSA) is 36.4 Å². The summed E-state index contributed by atoms with van der Waals surface area (Å²) >= 11 is 0. The monoisotopic (exact) mass is 420 g/mol. The summed E-state index contributed by atoms with van der Waals surface area (Å²) in [7, 11) is 0. The van der Waals surface area contributed by atoms with Gasteiger partial charge in [0.15, 0.2) is 0 Å². The van der Waals surface area contributed by atoms with E-state index in [1.807, 2.05) is 0 Å². The van der Waals surface area contributed by atoms with Crippen LogP contribution in [0, 0.1) is 5.92 Å². The van der Waals surface area contributed by atoms with Crippen LogP contribution in [0.2, 0.25) is 0 Å². The molecule has 0 bridgehead atoms. The summed E-state index contributed by atoms with van der Waals surface area (Å²) in [4.78, 5) is 7.59. The molecule has 1 aromatic heterocycles. The van der Waals surface area contributed by atoms with Crippen LogP contribution in [-0.4, -0.2) is 29.8 Å². The number of nitrogens with zero attached hydrogens (tertiary/aromatic N) is 2. The summed E-state index contributed by atoms with van der Waals surface area (Å²) in [5, 5.41) is 9.08. The van der Waals surface area contributed by atoms with Gasteiger partial charge in [0, 0.05) is 25.3 Å². The standard InChI is InChI=1S/C28H40N2O/c1-27(2)15-16-28(3,4)24-19-22(13-14-23(24)27)25-11-7-12-26(29-25)30-17-8-10-21(20-30)9-5-6-18-31/h7,11-14,19,21,31H,5-6,8-10,15-18,20H2,1-4H3. The third-order valence-corrected chi connectivity index (χ3v) is 7.75. The lowest BCUT2D eigenvalue weighted by atomic mass is 9.63. The summed E-state index contributed by atoms with van der Waals surface area (Å²) in [5.41, 5.74) is 5.79. The minimum atomic E-state index is 0.215. The molecule has 2 aromatic rings. The van der Waals surface area contributed by atoms with Crippen LogP contribution in [0.1, 0.15) is 83.8 Å². The van der Waals surface area contributed by atoms with E-state index in [1.165, 1.54) is 48.8 Å². The number of aliphatic hydroxyl groups is 1. The van der Waals surface area contributed by atoms with Crippen molar-refractivity contribution in [3.63, 3.8) is 0 Å². The lowest BCUT2D eigenvalue weighted by Crippen LogP contribution is -2.36. The Labute approximate surface area is 188 Å². The van der Waals surface area contributed by atoms with Crippen LogP contribution >= 0.6 is 0 Å². The number of unbranched alkanes of at least 4 members (excludes halogenated alkanes) is 1. The van der Waals surface area contributed by atoms with Crippen molar-refractivity contribution in [2.45, 2.75) is 83.5 Å². The zero-order valence-electron chi connectivity index (χ0n) is 20.0. The Balaban J connectivity index is 1.58. The molecule has 1 aliphatic carbocycles. The van der Waals surface area contributed by atoms with Gasteiger partial charge in [-0.3, -0.25) is 0 Å². The fourth-order valence-corrected chi connectivity index (χ4v) is 5.56. The number of aliphatic hydroxyl groups excluding tert-OH is 1. The molecule has 4 rings (SSSR count). The molecule has 1 atom stereocenters. The van der Waals surface area contributed by atoms with E-state index in [9.17, 15) is 0 Å². The van der Waals surface area contributed by atoms with Crippen LogP contribution in [0.25, 0.3) is 11.3 Å². The third kappa shape index (κ3) is 4.82. The first-order chi connectivity index (χ1) is 14.8. The van der Waals surface area contributed by atoms with Crippen LogP contribution in [0.3, 0.4) is 0 Å². The number of fused-ring (bicyclic) bond motifs is 1. The number of pyridine rings is 1. The van der Waals surface area contributed by atoms with E-state index >= 15 is 0 Å². The number of piperidine rings is 1. The highest BCUT2D eigenvalue weighted by Gasteiger charge is 2.37. The zero-order chi connectivity index (χ0) is 22.1. The van der Waals surface area contributed by atoms with E-state index in [1.54, 1.807) is 0 Å². The summed E-state index contributed by atoms with van der Waals surface area (Å²) in [6.07, 6.45) is 8.28. The molecule has 2 heterocycles. The molecule has 3 heteroatoms. The molecule has 3 nitrogen and oxygen atoms in total. The zero-order valence-corrected chi connectivity index (χ0v) is 20.0. The minimum absolute atomic E-state index is 0.215. The van der Waals surface area contributed by atoms with E-state index in [-0.39, 0.29) is 10.8 Å². The summed E-state index contributed by atoms with van der Waals surface area (Å²) in [6.45, 7) is 12.0. The fourth-order valence-electron chi connectivity index (χ4n) is 5.56. The lowest BCUT2D eigenvalue weighted by molar-refractivity contribution is 0.273. The molecule has 0 saturated carbocycles. The molecule has 1 N–H and O–H groups in total. The molecule has 0 radical (unpaired) electrons. The first-order valence-electron chi connectivity index (χ1n) is 12.3. The highest BCUT2D eigenvalue weighted by Crippen LogP contribution is 2.46. The van der Waals surface area contributed by atoms with Crippen molar-refractivity contribution in [1.29, 1.82) is 0 Å². The molecule has 1 saturated heterocycles. The van der Waals surface area contributed by atoms with Gasteiger partial charge in [0.1, 0.15) is 5.82 Å². The van der Waals surface area contributed by atoms with Gasteiger partial charge in [0.25, 0.3) is 0 Å². The fraction of sp³-hybridized carbons (Fsp3) is 0.607. The Kier molecular flexibility index (Phi) is 6.44. The molecule has 2 aliphatic rings. The number of aromatic nitrogens is 1. The van der Waals surface area contributed by atoms with Crippen molar-refractivity contribution >= 4 is 5.82 Å². The van der Waals surface area contributed by atoms with Gasteiger partial charge in [-0.05, 0) is 84.6 Å². The Morgan fingerprint density at radius 1 is 1.00 bits per heavy atom. The highest BCUT2D eigenvalue weighted by atomic mass is 16.2. The Bertz CT molecular complexity index is 902. The average Bonchev–Trinajstić information content (AvgIpc) is 2.77. The van der Waals surface area contributed by atoms with Crippen LogP contribution in [-0.2, 0) is 10.8 Å². The van der Waals surface area contributed by atoms with E-state index in [0.717, 1.165) is 43.4 Å². The molecule has 1 aromatic carbocycles. The molecular formula is C28H40N2O. The summed E-state index contributed by atoms with van der Waals surface area (Å²) in [6, 6.07) is 13.6. The number of rotatable bonds is 6. The molecule has 1 aliphatic heterocycles. The number of hydrogen-bond acceptors (Lipinski definition) is 3. The van der Waals surface area contributed by atoms with Gasteiger partial charge in [-0.25, -0.2) is 4.98 Å². The molecule has 0 amide bonds. The van der Waals surface area contributed by atoms with E-state index < -0.39 is 0 Å². The van der Waals surface area contributed by atoms with Crippen LogP contribution in [0.15, 0.2) is 36.4 Å². The average molecular weight is 421 g/mol. The van der Waals surface area contributed by atoms with Crippen molar-refractivity contribution in [3.8, 4) is 11.3 Å². The first-order valence-corrected chi connectivity index (χ1v) is 12.3. The van der Waals surface area contributed by atoms with Crippen LogP contribution < -0.4 is 4.90 Å². The van der Waals surface area contributed by atoms with Crippen molar-refractivity contribution in [2.24, 2.45) is 5.92 Å². The molecule has 0 spiro atoms. The number of hydrogen-bond donors (Lipinski definition) is 1. The van der Waals surface area contributed by atoms with Gasteiger partial charge in [-0.15, -0.1) is 0 Å². The number of benzene rings is 1. The van der Waals surface area contributed by atoms with Gasteiger partial charge in [-0.1, -0.05) is 52.3 Å². The predicted molar refractivity (Wildman–Crippen MR) is 131 cm³/mol. The second kappa shape index (κ2) is 8.94. The van der Waals surface area contributed by atoms with Gasteiger partial charge < -0.3 is 10.0 Å². The molecule has 31 heavy (non-hydrogen) atoms. The summed E-state index contributed by atoms with van der Waals surface area (Å²) in [5.74, 6) is 1.83. The normalized spacial score (nSPS) is 22.2. The van der Waals surface area contributed by atoms with Gasteiger partial charge in [0.2, 0.25) is 0 Å². The highest BCUT2D eigenvalue weighted by molar-refractivity contribution is 5.65. The van der Waals surface area contributed by atoms with Crippen LogP contribution in [0.4, 0.5) is 5.82 Å². The maximum Gasteiger partial charge on any atom is 0.129 e. The lowest BCUT2D eigenvalue weighted by Gasteiger charge is -2.42. The predicted octanol–water partition coefficient (Wildman–Crippen LogP) is 6.48. The number of anilines is 1.